The Hall–Kier alpha value is -2.26. The van der Waals surface area contributed by atoms with Crippen LogP contribution in [-0.4, -0.2) is 39.5 Å². The van der Waals surface area contributed by atoms with Gasteiger partial charge in [-0.3, -0.25) is 0 Å². The van der Waals surface area contributed by atoms with Gasteiger partial charge in [-0.25, -0.2) is 4.79 Å². The fraction of sp³-hybridized carbons (Fsp3) is 0.619. The minimum atomic E-state index is -0.965. The molecule has 6 nitrogen and oxygen atoms in total. The Morgan fingerprint density at radius 2 is 1.85 bits per heavy atom. The molecule has 146 valence electrons. The normalized spacial score (nSPS) is 27.5. The van der Waals surface area contributed by atoms with Crippen LogP contribution in [0.25, 0.3) is 0 Å². The first-order valence-corrected chi connectivity index (χ1v) is 9.38. The van der Waals surface area contributed by atoms with Crippen LogP contribution in [0.5, 0.6) is 11.5 Å². The molecule has 0 atom stereocenters. The molecule has 0 N–H and O–H groups in total. The maximum absolute atomic E-state index is 12.2. The predicted molar refractivity (Wildman–Crippen MR) is 98.7 cm³/mol. The summed E-state index contributed by atoms with van der Waals surface area (Å²) in [6, 6.07) is 8.19. The summed E-state index contributed by atoms with van der Waals surface area (Å²) < 4.78 is 21.8. The van der Waals surface area contributed by atoms with Crippen molar-refractivity contribution in [3.8, 4) is 17.6 Å². The number of hydrogen-bond donors (Lipinski definition) is 0. The summed E-state index contributed by atoms with van der Waals surface area (Å²) in [6.07, 6.45) is 4.32. The molecular weight excluding hydrogens is 346 g/mol. The lowest BCUT2D eigenvalue weighted by Crippen LogP contribution is -2.48. The summed E-state index contributed by atoms with van der Waals surface area (Å²) in [5.41, 5.74) is -0.751. The smallest absolute Gasteiger partial charge is 0.338 e. The molecule has 1 aromatic rings. The number of esters is 1. The molecule has 0 bridgehead atoms. The first-order valence-electron chi connectivity index (χ1n) is 9.38. The Morgan fingerprint density at radius 3 is 2.37 bits per heavy atom. The van der Waals surface area contributed by atoms with Crippen molar-refractivity contribution in [1.82, 2.24) is 0 Å². The molecule has 0 radical (unpaired) electrons. The maximum Gasteiger partial charge on any atom is 0.338 e. The number of hydrogen-bond acceptors (Lipinski definition) is 6. The van der Waals surface area contributed by atoms with Crippen LogP contribution < -0.4 is 9.47 Å². The molecule has 0 spiro atoms. The zero-order valence-electron chi connectivity index (χ0n) is 16.2. The molecule has 3 rings (SSSR count). The Balaban J connectivity index is 1.84. The number of carbonyl (C=O) groups excluding carboxylic acids is 1. The van der Waals surface area contributed by atoms with Gasteiger partial charge in [-0.15, -0.1) is 0 Å². The van der Waals surface area contributed by atoms with Gasteiger partial charge in [0.05, 0.1) is 32.3 Å². The van der Waals surface area contributed by atoms with Crippen LogP contribution in [0.2, 0.25) is 0 Å². The molecule has 0 aromatic heterocycles. The maximum atomic E-state index is 12.2. The van der Waals surface area contributed by atoms with Crippen molar-refractivity contribution in [2.45, 2.75) is 49.5 Å². The molecule has 0 heterocycles. The number of nitriles is 1. The lowest BCUT2D eigenvalue weighted by Gasteiger charge is -2.40. The van der Waals surface area contributed by atoms with E-state index in [2.05, 4.69) is 6.07 Å². The minimum Gasteiger partial charge on any atom is -0.493 e. The van der Waals surface area contributed by atoms with Gasteiger partial charge in [0.1, 0.15) is 0 Å². The van der Waals surface area contributed by atoms with Crippen molar-refractivity contribution in [3.63, 3.8) is 0 Å². The second-order valence-corrected chi connectivity index (χ2v) is 7.50. The van der Waals surface area contributed by atoms with Crippen molar-refractivity contribution >= 4 is 5.97 Å². The molecule has 2 saturated carbocycles. The van der Waals surface area contributed by atoms with Crippen LogP contribution >= 0.6 is 0 Å². The summed E-state index contributed by atoms with van der Waals surface area (Å²) in [5.74, 6) is 1.59. The van der Waals surface area contributed by atoms with Gasteiger partial charge in [-0.2, -0.15) is 5.26 Å². The molecule has 0 amide bonds. The molecule has 0 unspecified atom stereocenters. The Bertz CT molecular complexity index is 727. The molecule has 1 aromatic carbocycles. The number of benzene rings is 1. The Morgan fingerprint density at radius 1 is 1.15 bits per heavy atom. The fourth-order valence-corrected chi connectivity index (χ4v) is 3.80. The molecule has 27 heavy (non-hydrogen) atoms. The van der Waals surface area contributed by atoms with E-state index < -0.39 is 11.0 Å². The molecule has 6 heteroatoms. The van der Waals surface area contributed by atoms with Crippen LogP contribution in [0.1, 0.15) is 44.1 Å². The number of ether oxygens (including phenoxy) is 4. The lowest BCUT2D eigenvalue weighted by atomic mass is 9.66. The van der Waals surface area contributed by atoms with E-state index in [1.165, 1.54) is 27.1 Å². The van der Waals surface area contributed by atoms with Gasteiger partial charge in [-0.05, 0) is 62.1 Å². The van der Waals surface area contributed by atoms with Crippen LogP contribution in [0.4, 0.5) is 0 Å². The first-order chi connectivity index (χ1) is 13.0. The fourth-order valence-electron chi connectivity index (χ4n) is 3.80. The van der Waals surface area contributed by atoms with Crippen molar-refractivity contribution in [2.75, 3.05) is 27.9 Å². The molecule has 2 aliphatic rings. The van der Waals surface area contributed by atoms with Gasteiger partial charge >= 0.3 is 5.97 Å². The monoisotopic (exact) mass is 373 g/mol. The highest BCUT2D eigenvalue weighted by Crippen LogP contribution is 2.46. The van der Waals surface area contributed by atoms with E-state index >= 15 is 0 Å². The third-order valence-electron chi connectivity index (χ3n) is 5.96. The van der Waals surface area contributed by atoms with Gasteiger partial charge in [0.2, 0.25) is 0 Å². The van der Waals surface area contributed by atoms with Crippen molar-refractivity contribution < 1.29 is 23.7 Å². The van der Waals surface area contributed by atoms with E-state index in [-0.39, 0.29) is 5.97 Å². The van der Waals surface area contributed by atoms with E-state index in [4.69, 9.17) is 18.9 Å². The highest BCUT2D eigenvalue weighted by atomic mass is 16.6. The summed E-state index contributed by atoms with van der Waals surface area (Å²) in [5, 5.41) is 10.0. The van der Waals surface area contributed by atoms with E-state index in [0.29, 0.717) is 49.7 Å². The second kappa shape index (κ2) is 7.77. The third-order valence-corrected chi connectivity index (χ3v) is 5.96. The highest BCUT2D eigenvalue weighted by Gasteiger charge is 2.49. The minimum absolute atomic E-state index is 0.375. The summed E-state index contributed by atoms with van der Waals surface area (Å²) in [6.45, 7) is 0.675. The van der Waals surface area contributed by atoms with Crippen molar-refractivity contribution in [2.24, 2.45) is 5.92 Å². The quantitative estimate of drug-likeness (QED) is 0.682. The van der Waals surface area contributed by atoms with E-state index in [9.17, 15) is 10.1 Å². The average molecular weight is 373 g/mol. The average Bonchev–Trinajstić information content (AvgIpc) is 3.56. The molecule has 2 aliphatic carbocycles. The van der Waals surface area contributed by atoms with Gasteiger partial charge in [0.15, 0.2) is 17.1 Å². The summed E-state index contributed by atoms with van der Waals surface area (Å²) >= 11 is 0. The number of methoxy groups -OCH3 is 3. The van der Waals surface area contributed by atoms with Crippen molar-refractivity contribution in [3.05, 3.63) is 23.8 Å². The van der Waals surface area contributed by atoms with Crippen LogP contribution in [0.15, 0.2) is 18.2 Å². The van der Waals surface area contributed by atoms with Crippen LogP contribution in [-0.2, 0) is 19.7 Å². The second-order valence-electron chi connectivity index (χ2n) is 7.50. The topological polar surface area (TPSA) is 77.8 Å². The first kappa shape index (κ1) is 19.5. The van der Waals surface area contributed by atoms with E-state index in [1.807, 2.05) is 18.2 Å². The Labute approximate surface area is 160 Å². The van der Waals surface area contributed by atoms with Gasteiger partial charge in [0.25, 0.3) is 0 Å². The summed E-state index contributed by atoms with van der Waals surface area (Å²) in [4.78, 5) is 12.2. The van der Waals surface area contributed by atoms with E-state index in [1.54, 1.807) is 7.11 Å². The summed E-state index contributed by atoms with van der Waals surface area (Å²) in [7, 11) is 4.50. The van der Waals surface area contributed by atoms with E-state index in [0.717, 1.165) is 5.56 Å². The Kier molecular flexibility index (Phi) is 5.61. The zero-order chi connectivity index (χ0) is 19.5. The van der Waals surface area contributed by atoms with Crippen LogP contribution in [0.3, 0.4) is 0 Å². The predicted octanol–water partition coefficient (Wildman–Crippen LogP) is 3.38. The number of rotatable bonds is 7. The largest absolute Gasteiger partial charge is 0.493 e. The number of nitrogens with zero attached hydrogens (tertiary/aromatic N) is 1. The highest BCUT2D eigenvalue weighted by molar-refractivity contribution is 5.79. The third kappa shape index (κ3) is 3.74. The van der Waals surface area contributed by atoms with Crippen LogP contribution in [0, 0.1) is 17.2 Å². The molecule has 0 saturated heterocycles. The molecule has 0 aliphatic heterocycles. The van der Waals surface area contributed by atoms with Gasteiger partial charge < -0.3 is 18.9 Å². The molecular formula is C21H27NO5. The lowest BCUT2D eigenvalue weighted by molar-refractivity contribution is -0.171. The van der Waals surface area contributed by atoms with Gasteiger partial charge in [0, 0.05) is 7.11 Å². The zero-order valence-corrected chi connectivity index (χ0v) is 16.2. The standard InChI is InChI=1S/C21H27NO5/c1-24-17-7-6-16(12-18(17)27-13-15-4-5-15)20(14-22)8-10-21(26-3,11-9-20)19(23)25-2/h6-7,12,15H,4-5,8-11,13H2,1-3H3/t20-,21+. The number of carbonyl (C=O) groups is 1. The molecule has 2 fully saturated rings. The SMILES string of the molecule is COc1ccc([C@]2(C#N)CC[C@@](OC)(C(=O)OC)CC2)cc1OCC1CC1. The van der Waals surface area contributed by atoms with Crippen molar-refractivity contribution in [1.29, 1.82) is 5.26 Å². The van der Waals surface area contributed by atoms with Gasteiger partial charge in [-0.1, -0.05) is 6.07 Å².